The van der Waals surface area contributed by atoms with Gasteiger partial charge in [-0.1, -0.05) is 111 Å². The first-order valence-electron chi connectivity index (χ1n) is 29.3. The second-order valence-electron chi connectivity index (χ2n) is 23.3. The van der Waals surface area contributed by atoms with Gasteiger partial charge in [-0.2, -0.15) is 0 Å². The summed E-state index contributed by atoms with van der Waals surface area (Å²) in [5.41, 5.74) is -0.442. The minimum absolute atomic E-state index is 0.0140. The first kappa shape index (κ1) is 86.7. The third-order valence-electron chi connectivity index (χ3n) is 11.0. The lowest BCUT2D eigenvalue weighted by Crippen LogP contribution is -2.32. The molecule has 500 valence electrons. The quantitative estimate of drug-likeness (QED) is 0.0213. The Balaban J connectivity index is -0.000000315. The molecule has 24 nitrogen and oxygen atoms in total. The minimum atomic E-state index is -0.680. The van der Waals surface area contributed by atoms with Crippen LogP contribution in [0.15, 0.2) is 0 Å². The highest BCUT2D eigenvalue weighted by atomic mass is 16.7. The van der Waals surface area contributed by atoms with Crippen LogP contribution in [0.4, 0.5) is 0 Å². The fourth-order valence-corrected chi connectivity index (χ4v) is 6.77. The van der Waals surface area contributed by atoms with Gasteiger partial charge in [-0.15, -0.1) is 0 Å². The van der Waals surface area contributed by atoms with Crippen molar-refractivity contribution in [1.82, 2.24) is 0 Å². The van der Waals surface area contributed by atoms with E-state index in [1.807, 2.05) is 69.2 Å². The van der Waals surface area contributed by atoms with Crippen molar-refractivity contribution in [2.75, 3.05) is 102 Å². The summed E-state index contributed by atoms with van der Waals surface area (Å²) < 4.78 is 79.1. The van der Waals surface area contributed by atoms with Gasteiger partial charge in [0.1, 0.15) is 26.4 Å². The number of aliphatic hydroxyl groups excluding tert-OH is 6. The summed E-state index contributed by atoms with van der Waals surface area (Å²) in [6, 6.07) is 0. The summed E-state index contributed by atoms with van der Waals surface area (Å²) >= 11 is 0. The zero-order chi connectivity index (χ0) is 66.1. The second-order valence-corrected chi connectivity index (χ2v) is 23.3. The van der Waals surface area contributed by atoms with Crippen LogP contribution in [0.25, 0.3) is 0 Å². The molecule has 0 spiro atoms. The summed E-state index contributed by atoms with van der Waals surface area (Å²) in [6.07, 6.45) is 0.553. The van der Waals surface area contributed by atoms with Crippen molar-refractivity contribution in [2.24, 2.45) is 21.7 Å². The van der Waals surface area contributed by atoms with Crippen molar-refractivity contribution in [1.29, 1.82) is 0 Å². The highest BCUT2D eigenvalue weighted by molar-refractivity contribution is 5.71. The maximum Gasteiger partial charge on any atom is 0.306 e. The van der Waals surface area contributed by atoms with Crippen LogP contribution in [0, 0.1) is 21.7 Å². The number of rotatable bonds is 39. The van der Waals surface area contributed by atoms with Crippen molar-refractivity contribution >= 4 is 23.9 Å². The fourth-order valence-electron chi connectivity index (χ4n) is 6.77. The van der Waals surface area contributed by atoms with E-state index >= 15 is 0 Å². The van der Waals surface area contributed by atoms with E-state index in [-0.39, 0.29) is 150 Å². The molecule has 0 aliphatic heterocycles. The maximum absolute atomic E-state index is 12.0. The topological polar surface area (TPSA) is 319 Å². The monoisotopic (exact) mass is 1210 g/mol. The molecular formula is C59H120O24. The van der Waals surface area contributed by atoms with Gasteiger partial charge in [0.15, 0.2) is 31.5 Å². The molecule has 10 atom stereocenters. The number of carbonyl (C=O) groups excluding carboxylic acids is 4. The van der Waals surface area contributed by atoms with Crippen LogP contribution in [0.5, 0.6) is 0 Å². The Morgan fingerprint density at radius 2 is 0.627 bits per heavy atom. The van der Waals surface area contributed by atoms with Crippen LogP contribution >= 0.6 is 0 Å². The summed E-state index contributed by atoms with van der Waals surface area (Å²) in [5, 5.41) is 53.4. The maximum atomic E-state index is 12.0. The highest BCUT2D eigenvalue weighted by Gasteiger charge is 2.30. The average Bonchev–Trinajstić information content (AvgIpc) is 3.53. The van der Waals surface area contributed by atoms with Crippen LogP contribution in [-0.4, -0.2) is 218 Å². The van der Waals surface area contributed by atoms with E-state index in [1.54, 1.807) is 0 Å². The molecule has 0 heterocycles. The Hall–Kier alpha value is -2.76. The van der Waals surface area contributed by atoms with Crippen LogP contribution in [0.2, 0.25) is 0 Å². The first-order valence-corrected chi connectivity index (χ1v) is 28.6. The van der Waals surface area contributed by atoms with Crippen LogP contribution in [0.1, 0.15) is 177 Å². The lowest BCUT2D eigenvalue weighted by atomic mass is 9.74. The van der Waals surface area contributed by atoms with Gasteiger partial charge in [0.05, 0.1) is 89.4 Å². The molecule has 6 N–H and O–H groups in total. The van der Waals surface area contributed by atoms with Crippen LogP contribution < -0.4 is 0 Å². The van der Waals surface area contributed by atoms with Gasteiger partial charge in [-0.25, -0.2) is 0 Å². The molecule has 0 amide bonds. The molecule has 24 heteroatoms. The predicted molar refractivity (Wildman–Crippen MR) is 312 cm³/mol. The zero-order valence-electron chi connectivity index (χ0n) is 55.9. The van der Waals surface area contributed by atoms with E-state index in [2.05, 4.69) is 34.6 Å². The van der Waals surface area contributed by atoms with Crippen molar-refractivity contribution in [2.45, 2.75) is 237 Å². The van der Waals surface area contributed by atoms with E-state index in [9.17, 15) is 19.2 Å². The van der Waals surface area contributed by atoms with Gasteiger partial charge in [0, 0.05) is 43.8 Å². The number of hydrogen-bond acceptors (Lipinski definition) is 24. The smallest absolute Gasteiger partial charge is 0.306 e. The molecule has 0 fully saturated rings. The summed E-state index contributed by atoms with van der Waals surface area (Å²) in [5.74, 6) is -1.28. The Bertz CT molecular complexity index is 1530. The van der Waals surface area contributed by atoms with Gasteiger partial charge >= 0.3 is 23.9 Å². The fraction of sp³-hybridized carbons (Fsp3) is 0.932. The molecule has 0 saturated carbocycles. The van der Waals surface area contributed by atoms with Crippen molar-refractivity contribution in [3.05, 3.63) is 0 Å². The molecule has 0 radical (unpaired) electrons. The van der Waals surface area contributed by atoms with Gasteiger partial charge in [0.2, 0.25) is 0 Å². The lowest BCUT2D eigenvalue weighted by Gasteiger charge is -2.31. The molecule has 0 aromatic rings. The number of carbonyl (C=O) groups is 4. The molecular weight excluding hydrogens is 1090 g/mol. The third-order valence-corrected chi connectivity index (χ3v) is 11.0. The SMILES string of the molecule is CCC(CO)OC(CO)OC.CCC(CO)OC(COC(=O)CC(C)(C)C)OC.CCC(CO)OC(COC(=O)CC(C)(C)CC(C)(C)C)OC.CCC(CO)OC(COC(C)=O)OC.[2H]CC(C)(C)CC(=O)OCC(OC)OC(CC)CO. The molecule has 0 aromatic carbocycles. The van der Waals surface area contributed by atoms with Crippen molar-refractivity contribution < 1.29 is 118 Å². The van der Waals surface area contributed by atoms with Crippen molar-refractivity contribution in [3.63, 3.8) is 0 Å². The standard InChI is InChI=1S/C17H34O5.2C13H26O5.C9H18O5.C7H16O4/c1-8-13(10-18)22-15(20-7)11-21-14(19)9-17(5,6)12-16(2,3)4;2*1-6-10(8-14)18-12(16-5)9-17-11(15)7-13(2,3)4;1-4-8(5-10)14-9(12-3)6-13-7(2)11;1-3-6(4-8)11-7(5-9)10-2/h13,15,18H,8-12H2,1-7H3;2*10,12,14H,6-9H2,1-5H3;8-10H,4-6H2,1-3H3;6-9H,3-5H2,1-2H3/i;2D;;;. The molecule has 10 unspecified atom stereocenters. The number of aliphatic hydroxyl groups is 6. The normalized spacial score (nSPS) is 15.5. The Morgan fingerprint density at radius 3 is 0.831 bits per heavy atom. The molecule has 0 rings (SSSR count). The zero-order valence-corrected chi connectivity index (χ0v) is 54.9. The van der Waals surface area contributed by atoms with Gasteiger partial charge in [-0.05, 0) is 60.2 Å². The van der Waals surface area contributed by atoms with Crippen molar-refractivity contribution in [3.8, 4) is 0 Å². The molecule has 0 saturated heterocycles. The van der Waals surface area contributed by atoms with E-state index in [1.165, 1.54) is 42.5 Å². The van der Waals surface area contributed by atoms with E-state index in [0.29, 0.717) is 44.9 Å². The van der Waals surface area contributed by atoms with Crippen LogP contribution in [0.3, 0.4) is 0 Å². The lowest BCUT2D eigenvalue weighted by molar-refractivity contribution is -0.195. The van der Waals surface area contributed by atoms with E-state index in [4.69, 9.17) is 98.3 Å². The summed E-state index contributed by atoms with van der Waals surface area (Å²) in [4.78, 5) is 45.6. The number of esters is 4. The third kappa shape index (κ3) is 58.1. The number of ether oxygens (including phenoxy) is 14. The van der Waals surface area contributed by atoms with E-state index < -0.39 is 36.9 Å². The molecule has 0 bridgehead atoms. The Kier molecular flexibility index (Phi) is 54.7. The van der Waals surface area contributed by atoms with Gasteiger partial charge in [-0.3, -0.25) is 19.2 Å². The van der Waals surface area contributed by atoms with Gasteiger partial charge < -0.3 is 97.0 Å². The van der Waals surface area contributed by atoms with Crippen LogP contribution in [-0.2, 0) is 85.5 Å². The largest absolute Gasteiger partial charge is 0.460 e. The predicted octanol–water partition coefficient (Wildman–Crippen LogP) is 6.64. The Labute approximate surface area is 500 Å². The second kappa shape index (κ2) is 52.4. The average molecular weight is 1210 g/mol. The molecule has 0 aromatic heterocycles. The Morgan fingerprint density at radius 1 is 0.373 bits per heavy atom. The minimum Gasteiger partial charge on any atom is -0.460 e. The summed E-state index contributed by atoms with van der Waals surface area (Å²) in [7, 11) is 7.33. The molecule has 83 heavy (non-hydrogen) atoms. The molecule has 0 aliphatic carbocycles. The number of hydrogen-bond donors (Lipinski definition) is 6. The highest BCUT2D eigenvalue weighted by Crippen LogP contribution is 2.36. The molecule has 0 aliphatic rings. The number of methoxy groups -OCH3 is 5. The van der Waals surface area contributed by atoms with Gasteiger partial charge in [0.25, 0.3) is 0 Å². The summed E-state index contributed by atoms with van der Waals surface area (Å²) in [6.45, 7) is 30.7. The van der Waals surface area contributed by atoms with E-state index in [0.717, 1.165) is 6.42 Å². The first-order chi connectivity index (χ1) is 39.1.